The summed E-state index contributed by atoms with van der Waals surface area (Å²) in [7, 11) is 0. The van der Waals surface area contributed by atoms with Gasteiger partial charge in [-0.25, -0.2) is 0 Å². The zero-order chi connectivity index (χ0) is 9.14. The van der Waals surface area contributed by atoms with Gasteiger partial charge < -0.3 is 4.90 Å². The molecule has 0 radical (unpaired) electrons. The molecule has 2 N–H and O–H groups in total. The van der Waals surface area contributed by atoms with Gasteiger partial charge in [-0.2, -0.15) is 0 Å². The van der Waals surface area contributed by atoms with Crippen LogP contribution in [0.25, 0.3) is 0 Å². The Morgan fingerprint density at radius 3 is 2.42 bits per heavy atom. The molecule has 1 aliphatic rings. The van der Waals surface area contributed by atoms with Gasteiger partial charge in [0, 0.05) is 0 Å². The van der Waals surface area contributed by atoms with Crippen LogP contribution in [0.2, 0.25) is 0 Å². The van der Waals surface area contributed by atoms with E-state index in [2.05, 4.69) is 5.32 Å². The molecule has 0 aromatic carbocycles. The molecular formula is C6H8ClN3O2. The summed E-state index contributed by atoms with van der Waals surface area (Å²) < 4.78 is 0. The Labute approximate surface area is 74.2 Å². The molecule has 1 saturated heterocycles. The van der Waals surface area contributed by atoms with Crippen LogP contribution in [-0.4, -0.2) is 41.5 Å². The maximum absolute atomic E-state index is 10.8. The maximum Gasteiger partial charge on any atom is 0.246 e. The highest BCUT2D eigenvalue weighted by Gasteiger charge is 2.23. The molecule has 1 aliphatic heterocycles. The zero-order valence-electron chi connectivity index (χ0n) is 6.26. The Bertz CT molecular complexity index is 225. The lowest BCUT2D eigenvalue weighted by atomic mass is 10.3. The Morgan fingerprint density at radius 1 is 1.50 bits per heavy atom. The van der Waals surface area contributed by atoms with Gasteiger partial charge in [0.2, 0.25) is 11.8 Å². The van der Waals surface area contributed by atoms with Gasteiger partial charge in [-0.3, -0.25) is 20.3 Å². The van der Waals surface area contributed by atoms with Crippen molar-refractivity contribution >= 4 is 29.3 Å². The second-order valence-electron chi connectivity index (χ2n) is 2.41. The van der Waals surface area contributed by atoms with Crippen LogP contribution in [0.15, 0.2) is 0 Å². The van der Waals surface area contributed by atoms with Crippen molar-refractivity contribution in [2.75, 3.05) is 19.0 Å². The molecule has 0 unspecified atom stereocenters. The second-order valence-corrected chi connectivity index (χ2v) is 2.68. The summed E-state index contributed by atoms with van der Waals surface area (Å²) in [5.41, 5.74) is 0. The van der Waals surface area contributed by atoms with Crippen LogP contribution < -0.4 is 5.32 Å². The first-order chi connectivity index (χ1) is 5.63. The highest BCUT2D eigenvalue weighted by molar-refractivity contribution is 6.28. The van der Waals surface area contributed by atoms with Gasteiger partial charge in [0.1, 0.15) is 5.84 Å². The molecule has 0 aromatic heterocycles. The van der Waals surface area contributed by atoms with Gasteiger partial charge in [-0.1, -0.05) is 0 Å². The molecule has 1 rings (SSSR count). The summed E-state index contributed by atoms with van der Waals surface area (Å²) in [4.78, 5) is 22.9. The number of hydrogen-bond donors (Lipinski definition) is 2. The number of halogens is 1. The zero-order valence-corrected chi connectivity index (χ0v) is 7.02. The molecular weight excluding hydrogens is 182 g/mol. The van der Waals surface area contributed by atoms with Crippen molar-refractivity contribution < 1.29 is 9.59 Å². The second kappa shape index (κ2) is 3.53. The van der Waals surface area contributed by atoms with Crippen molar-refractivity contribution in [3.8, 4) is 0 Å². The van der Waals surface area contributed by atoms with E-state index in [1.807, 2.05) is 0 Å². The summed E-state index contributed by atoms with van der Waals surface area (Å²) in [5, 5.41) is 9.40. The predicted octanol–water partition coefficient (Wildman–Crippen LogP) is -0.839. The third kappa shape index (κ3) is 1.94. The maximum atomic E-state index is 10.8. The van der Waals surface area contributed by atoms with Crippen molar-refractivity contribution in [1.82, 2.24) is 10.2 Å². The third-order valence-electron chi connectivity index (χ3n) is 1.46. The smallest absolute Gasteiger partial charge is 0.246 e. The van der Waals surface area contributed by atoms with Gasteiger partial charge in [0.25, 0.3) is 0 Å². The molecule has 0 spiro atoms. The molecule has 0 saturated carbocycles. The van der Waals surface area contributed by atoms with Crippen LogP contribution in [0.5, 0.6) is 0 Å². The number of nitrogens with zero attached hydrogens (tertiary/aromatic N) is 1. The number of nitrogens with one attached hydrogen (secondary N) is 2. The van der Waals surface area contributed by atoms with Crippen molar-refractivity contribution in [3.63, 3.8) is 0 Å². The van der Waals surface area contributed by atoms with Crippen LogP contribution in [0.1, 0.15) is 0 Å². The van der Waals surface area contributed by atoms with Crippen molar-refractivity contribution in [2.45, 2.75) is 0 Å². The third-order valence-corrected chi connectivity index (χ3v) is 1.71. The molecule has 66 valence electrons. The fraction of sp³-hybridized carbons (Fsp3) is 0.500. The molecule has 6 heteroatoms. The Balaban J connectivity index is 2.61. The van der Waals surface area contributed by atoms with E-state index in [0.717, 1.165) is 0 Å². The first-order valence-corrected chi connectivity index (χ1v) is 3.88. The molecule has 0 atom stereocenters. The fourth-order valence-corrected chi connectivity index (χ4v) is 1.08. The van der Waals surface area contributed by atoms with Crippen LogP contribution in [0.3, 0.4) is 0 Å². The van der Waals surface area contributed by atoms with Crippen molar-refractivity contribution in [2.24, 2.45) is 0 Å². The van der Waals surface area contributed by atoms with Crippen LogP contribution in [0, 0.1) is 5.41 Å². The molecule has 12 heavy (non-hydrogen) atoms. The van der Waals surface area contributed by atoms with Crippen LogP contribution >= 0.6 is 11.6 Å². The molecule has 0 bridgehead atoms. The molecule has 0 aromatic rings. The predicted molar refractivity (Wildman–Crippen MR) is 43.2 cm³/mol. The average molecular weight is 190 g/mol. The van der Waals surface area contributed by atoms with Crippen LogP contribution in [-0.2, 0) is 9.59 Å². The van der Waals surface area contributed by atoms with Gasteiger partial charge in [0.15, 0.2) is 0 Å². The van der Waals surface area contributed by atoms with Gasteiger partial charge >= 0.3 is 0 Å². The SMILES string of the molecule is N=C(CCl)N1CC(=O)NC(=O)C1. The highest BCUT2D eigenvalue weighted by atomic mass is 35.5. The van der Waals surface area contributed by atoms with E-state index in [1.165, 1.54) is 4.90 Å². The van der Waals surface area contributed by atoms with Gasteiger partial charge in [0.05, 0.1) is 19.0 Å². The Hall–Kier alpha value is -1.10. The topological polar surface area (TPSA) is 73.3 Å². The minimum absolute atomic E-state index is 0.0144. The Kier molecular flexibility index (Phi) is 2.65. The number of carbonyl (C=O) groups excluding carboxylic acids is 2. The first-order valence-electron chi connectivity index (χ1n) is 3.34. The minimum Gasteiger partial charge on any atom is -0.341 e. The molecule has 5 nitrogen and oxygen atoms in total. The first kappa shape index (κ1) is 8.99. The molecule has 1 fully saturated rings. The minimum atomic E-state index is -0.388. The molecule has 2 amide bonds. The lowest BCUT2D eigenvalue weighted by Gasteiger charge is -2.26. The highest BCUT2D eigenvalue weighted by Crippen LogP contribution is 1.96. The van der Waals surface area contributed by atoms with E-state index in [9.17, 15) is 9.59 Å². The number of hydrogen-bond acceptors (Lipinski definition) is 3. The quantitative estimate of drug-likeness (QED) is 0.245. The summed E-state index contributed by atoms with van der Waals surface area (Å²) in [6, 6.07) is 0. The molecule has 0 aliphatic carbocycles. The number of amides is 2. The number of alkyl halides is 1. The number of carbonyl (C=O) groups is 2. The summed E-state index contributed by atoms with van der Waals surface area (Å²) in [5.74, 6) is -0.664. The van der Waals surface area contributed by atoms with E-state index < -0.39 is 0 Å². The van der Waals surface area contributed by atoms with Gasteiger partial charge in [-0.05, 0) is 0 Å². The normalized spacial score (nSPS) is 17.6. The average Bonchev–Trinajstić information content (AvgIpc) is 2.01. The summed E-state index contributed by atoms with van der Waals surface area (Å²) >= 11 is 5.37. The van der Waals surface area contributed by atoms with E-state index in [4.69, 9.17) is 17.0 Å². The van der Waals surface area contributed by atoms with Crippen LogP contribution in [0.4, 0.5) is 0 Å². The van der Waals surface area contributed by atoms with E-state index in [0.29, 0.717) is 0 Å². The number of piperazine rings is 1. The number of amidine groups is 1. The lowest BCUT2D eigenvalue weighted by molar-refractivity contribution is -0.134. The number of imide groups is 1. The fourth-order valence-electron chi connectivity index (χ4n) is 0.913. The summed E-state index contributed by atoms with van der Waals surface area (Å²) in [6.07, 6.45) is 0. The standard InChI is InChI=1S/C6H8ClN3O2/c7-1-4(8)10-2-5(11)9-6(12)3-10/h8H,1-3H2,(H,9,11,12). The van der Waals surface area contributed by atoms with E-state index >= 15 is 0 Å². The van der Waals surface area contributed by atoms with E-state index in [1.54, 1.807) is 0 Å². The summed E-state index contributed by atoms with van der Waals surface area (Å²) in [6.45, 7) is 0.0780. The molecule has 1 heterocycles. The van der Waals surface area contributed by atoms with Gasteiger partial charge in [-0.15, -0.1) is 11.6 Å². The van der Waals surface area contributed by atoms with Crippen molar-refractivity contribution in [1.29, 1.82) is 5.41 Å². The van der Waals surface area contributed by atoms with E-state index in [-0.39, 0.29) is 36.6 Å². The Morgan fingerprint density at radius 2 is 2.00 bits per heavy atom. The van der Waals surface area contributed by atoms with Crippen molar-refractivity contribution in [3.05, 3.63) is 0 Å². The number of rotatable bonds is 1. The monoisotopic (exact) mass is 189 g/mol. The lowest BCUT2D eigenvalue weighted by Crippen LogP contribution is -2.53. The largest absolute Gasteiger partial charge is 0.341 e.